The van der Waals surface area contributed by atoms with E-state index in [-0.39, 0.29) is 36.9 Å². The number of aliphatic hydroxyl groups is 1. The van der Waals surface area contributed by atoms with Gasteiger partial charge in [-0.1, -0.05) is 40.5 Å². The normalized spacial score (nSPS) is 30.4. The molecule has 0 bridgehead atoms. The largest absolute Gasteiger partial charge is 0.391 e. The van der Waals surface area contributed by atoms with Crippen LogP contribution in [0.5, 0.6) is 0 Å². The Morgan fingerprint density at radius 2 is 1.88 bits per heavy atom. The van der Waals surface area contributed by atoms with E-state index in [1.165, 1.54) is 6.42 Å². The smallest absolute Gasteiger partial charge is 0.243 e. The van der Waals surface area contributed by atoms with Gasteiger partial charge < -0.3 is 21.1 Å². The van der Waals surface area contributed by atoms with E-state index in [1.54, 1.807) is 9.91 Å². The van der Waals surface area contributed by atoms with Gasteiger partial charge >= 0.3 is 0 Å². The number of nitrogens with zero attached hydrogens (tertiary/aromatic N) is 2. The molecule has 3 aliphatic rings. The molecule has 0 aromatic rings. The lowest BCUT2D eigenvalue weighted by Gasteiger charge is -2.40. The standard InChI is InChI=1S/C24H45N5O3S/c1-5-33-20-9-7-6-8-18(20)27-22(31)19-12-16(30)13-28(19)23(32)21(24(2,3)4)29(26)14-17(25)15-10-11-15/h15-21,30H,5-14,25-26H2,1-4H3,(H,27,31). The van der Waals surface area contributed by atoms with E-state index >= 15 is 0 Å². The highest BCUT2D eigenvalue weighted by atomic mass is 32.2. The first kappa shape index (κ1) is 26.7. The molecular weight excluding hydrogens is 438 g/mol. The van der Waals surface area contributed by atoms with Crippen molar-refractivity contribution < 1.29 is 14.7 Å². The number of amides is 2. The molecule has 6 N–H and O–H groups in total. The summed E-state index contributed by atoms with van der Waals surface area (Å²) in [4.78, 5) is 28.7. The lowest BCUT2D eigenvalue weighted by molar-refractivity contribution is -0.146. The van der Waals surface area contributed by atoms with Crippen molar-refractivity contribution in [2.45, 2.75) is 108 Å². The number of nitrogens with two attached hydrogens (primary N) is 2. The number of hydrogen-bond acceptors (Lipinski definition) is 7. The Morgan fingerprint density at radius 1 is 1.21 bits per heavy atom. The second-order valence-corrected chi connectivity index (χ2v) is 12.8. The molecular formula is C24H45N5O3S. The van der Waals surface area contributed by atoms with E-state index in [0.717, 1.165) is 37.9 Å². The van der Waals surface area contributed by atoms with Gasteiger partial charge in [-0.05, 0) is 42.8 Å². The highest BCUT2D eigenvalue weighted by Crippen LogP contribution is 2.34. The number of thioether (sulfide) groups is 1. The fourth-order valence-corrected chi connectivity index (χ4v) is 6.65. The predicted molar refractivity (Wildman–Crippen MR) is 133 cm³/mol. The van der Waals surface area contributed by atoms with Crippen LogP contribution in [-0.4, -0.2) is 81.2 Å². The summed E-state index contributed by atoms with van der Waals surface area (Å²) in [6.45, 7) is 8.68. The first-order chi connectivity index (χ1) is 15.5. The molecule has 1 saturated heterocycles. The summed E-state index contributed by atoms with van der Waals surface area (Å²) < 4.78 is 0. The number of rotatable bonds is 9. The second-order valence-electron chi connectivity index (χ2n) is 11.3. The van der Waals surface area contributed by atoms with Crippen molar-refractivity contribution in [1.29, 1.82) is 0 Å². The third-order valence-corrected chi connectivity index (χ3v) is 8.64. The van der Waals surface area contributed by atoms with Crippen LogP contribution >= 0.6 is 11.8 Å². The molecule has 1 heterocycles. The van der Waals surface area contributed by atoms with Crippen LogP contribution < -0.4 is 16.9 Å². The van der Waals surface area contributed by atoms with E-state index in [4.69, 9.17) is 11.6 Å². The van der Waals surface area contributed by atoms with Crippen LogP contribution in [0.4, 0.5) is 0 Å². The van der Waals surface area contributed by atoms with Gasteiger partial charge in [0, 0.05) is 36.8 Å². The molecule has 0 aromatic heterocycles. The summed E-state index contributed by atoms with van der Waals surface area (Å²) >= 11 is 1.90. The van der Waals surface area contributed by atoms with Crippen LogP contribution in [0.1, 0.15) is 72.6 Å². The van der Waals surface area contributed by atoms with Crippen LogP contribution in [0.2, 0.25) is 0 Å². The Morgan fingerprint density at radius 3 is 2.48 bits per heavy atom. The highest BCUT2D eigenvalue weighted by Gasteiger charge is 2.46. The molecule has 1 aliphatic heterocycles. The van der Waals surface area contributed by atoms with Crippen LogP contribution in [0.25, 0.3) is 0 Å². The first-order valence-electron chi connectivity index (χ1n) is 12.7. The maximum atomic E-state index is 13.8. The maximum absolute atomic E-state index is 13.8. The fourth-order valence-electron chi connectivity index (χ4n) is 5.45. The van der Waals surface area contributed by atoms with Crippen molar-refractivity contribution in [3.63, 3.8) is 0 Å². The van der Waals surface area contributed by atoms with Gasteiger partial charge in [-0.15, -0.1) is 0 Å². The minimum atomic E-state index is -0.711. The summed E-state index contributed by atoms with van der Waals surface area (Å²) in [7, 11) is 0. The quantitative estimate of drug-likeness (QED) is 0.289. The molecule has 33 heavy (non-hydrogen) atoms. The van der Waals surface area contributed by atoms with E-state index < -0.39 is 23.6 Å². The molecule has 9 heteroatoms. The third kappa shape index (κ3) is 6.84. The zero-order valence-corrected chi connectivity index (χ0v) is 21.7. The topological polar surface area (TPSA) is 125 Å². The Bertz CT molecular complexity index is 682. The summed E-state index contributed by atoms with van der Waals surface area (Å²) in [5.41, 5.74) is 5.85. The van der Waals surface area contributed by atoms with Crippen molar-refractivity contribution in [2.75, 3.05) is 18.8 Å². The van der Waals surface area contributed by atoms with Crippen molar-refractivity contribution >= 4 is 23.6 Å². The average molecular weight is 484 g/mol. The summed E-state index contributed by atoms with van der Waals surface area (Å²) in [5, 5.41) is 15.6. The Kier molecular flexibility index (Phi) is 9.11. The molecule has 2 saturated carbocycles. The molecule has 0 spiro atoms. The number of carbonyl (C=O) groups is 2. The molecule has 8 nitrogen and oxygen atoms in total. The summed E-state index contributed by atoms with van der Waals surface area (Å²) in [6, 6.07) is -1.24. The Labute approximate surface area is 203 Å². The molecule has 3 rings (SSSR count). The first-order valence-corrected chi connectivity index (χ1v) is 13.7. The number of aliphatic hydroxyl groups excluding tert-OH is 1. The number of hydrazine groups is 1. The monoisotopic (exact) mass is 483 g/mol. The zero-order chi connectivity index (χ0) is 24.3. The summed E-state index contributed by atoms with van der Waals surface area (Å²) in [6.07, 6.45) is 6.15. The SMILES string of the molecule is CCSC1CCCCC1NC(=O)C1CC(O)CN1C(=O)C(N(N)CC(N)C1CC1)C(C)(C)C. The van der Waals surface area contributed by atoms with Gasteiger partial charge in [-0.3, -0.25) is 15.4 Å². The van der Waals surface area contributed by atoms with Gasteiger partial charge in [0.05, 0.1) is 6.10 Å². The van der Waals surface area contributed by atoms with Gasteiger partial charge in [0.2, 0.25) is 11.8 Å². The van der Waals surface area contributed by atoms with Gasteiger partial charge in [0.1, 0.15) is 12.1 Å². The van der Waals surface area contributed by atoms with E-state index in [0.29, 0.717) is 17.7 Å². The Balaban J connectivity index is 1.72. The molecule has 2 aliphatic carbocycles. The van der Waals surface area contributed by atoms with Gasteiger partial charge in [-0.25, -0.2) is 5.01 Å². The number of hydrogen-bond donors (Lipinski definition) is 4. The highest BCUT2D eigenvalue weighted by molar-refractivity contribution is 7.99. The molecule has 0 aromatic carbocycles. The molecule has 2 amide bonds. The lowest BCUT2D eigenvalue weighted by atomic mass is 9.85. The minimum Gasteiger partial charge on any atom is -0.391 e. The summed E-state index contributed by atoms with van der Waals surface area (Å²) in [5.74, 6) is 7.58. The maximum Gasteiger partial charge on any atom is 0.243 e. The zero-order valence-electron chi connectivity index (χ0n) is 20.8. The average Bonchev–Trinajstić information content (AvgIpc) is 3.50. The second kappa shape index (κ2) is 11.2. The van der Waals surface area contributed by atoms with Crippen LogP contribution in [0.3, 0.4) is 0 Å². The van der Waals surface area contributed by atoms with Gasteiger partial charge in [-0.2, -0.15) is 11.8 Å². The van der Waals surface area contributed by atoms with Crippen molar-refractivity contribution in [2.24, 2.45) is 22.9 Å². The molecule has 0 radical (unpaired) electrons. The van der Waals surface area contributed by atoms with E-state index in [2.05, 4.69) is 12.2 Å². The van der Waals surface area contributed by atoms with Crippen molar-refractivity contribution in [1.82, 2.24) is 15.2 Å². The molecule has 6 atom stereocenters. The van der Waals surface area contributed by atoms with E-state index in [9.17, 15) is 14.7 Å². The van der Waals surface area contributed by atoms with Crippen LogP contribution in [0.15, 0.2) is 0 Å². The van der Waals surface area contributed by atoms with E-state index in [1.807, 2.05) is 32.5 Å². The van der Waals surface area contributed by atoms with Crippen LogP contribution in [0, 0.1) is 11.3 Å². The minimum absolute atomic E-state index is 0.0600. The number of likely N-dealkylation sites (tertiary alicyclic amines) is 1. The number of carbonyl (C=O) groups excluding carboxylic acids is 2. The fraction of sp³-hybridized carbons (Fsp3) is 0.917. The molecule has 190 valence electrons. The Hall–Kier alpha value is -0.870. The van der Waals surface area contributed by atoms with Crippen molar-refractivity contribution in [3.05, 3.63) is 0 Å². The van der Waals surface area contributed by atoms with Crippen molar-refractivity contribution in [3.8, 4) is 0 Å². The lowest BCUT2D eigenvalue weighted by Crippen LogP contribution is -2.62. The van der Waals surface area contributed by atoms with Gasteiger partial charge in [0.25, 0.3) is 0 Å². The molecule has 3 fully saturated rings. The van der Waals surface area contributed by atoms with Crippen LogP contribution in [-0.2, 0) is 9.59 Å². The van der Waals surface area contributed by atoms with Gasteiger partial charge in [0.15, 0.2) is 0 Å². The number of β-amino-alcohol motifs (C(OH)–C–C–N with tert-alkyl or cyclic N) is 1. The third-order valence-electron chi connectivity index (χ3n) is 7.31. The predicted octanol–water partition coefficient (Wildman–Crippen LogP) is 1.46. The number of nitrogens with one attached hydrogen (secondary N) is 1. The molecule has 6 unspecified atom stereocenters.